The van der Waals surface area contributed by atoms with Gasteiger partial charge in [0.15, 0.2) is 0 Å². The standard InChI is InChI=1S/C15H23N5O2/c1-4-11(2)17-15(21)20-7-5-12-13(10-22-8-6-16)18-19(3)14(12)9-20/h11H,4-5,7-10H2,1-3H3,(H,17,21)/t11-/m1/s1. The van der Waals surface area contributed by atoms with E-state index >= 15 is 0 Å². The highest BCUT2D eigenvalue weighted by molar-refractivity contribution is 5.74. The molecule has 1 atom stereocenters. The molecule has 0 unspecified atom stereocenters. The lowest BCUT2D eigenvalue weighted by molar-refractivity contribution is 0.148. The Bertz CT molecular complexity index is 575. The zero-order chi connectivity index (χ0) is 16.1. The van der Waals surface area contributed by atoms with Crippen LogP contribution in [0.4, 0.5) is 4.79 Å². The molecule has 1 aliphatic heterocycles. The van der Waals surface area contributed by atoms with Gasteiger partial charge in [0.05, 0.1) is 30.6 Å². The highest BCUT2D eigenvalue weighted by atomic mass is 16.5. The lowest BCUT2D eigenvalue weighted by Crippen LogP contribution is -2.46. The van der Waals surface area contributed by atoms with Gasteiger partial charge in [-0.25, -0.2) is 4.79 Å². The van der Waals surface area contributed by atoms with Crippen molar-refractivity contribution in [1.29, 1.82) is 5.26 Å². The molecular weight excluding hydrogens is 282 g/mol. The number of rotatable bonds is 5. The Kier molecular flexibility index (Phi) is 5.39. The van der Waals surface area contributed by atoms with Crippen molar-refractivity contribution in [2.75, 3.05) is 13.2 Å². The van der Waals surface area contributed by atoms with E-state index in [-0.39, 0.29) is 18.7 Å². The van der Waals surface area contributed by atoms with Gasteiger partial charge in [-0.15, -0.1) is 0 Å². The fourth-order valence-corrected chi connectivity index (χ4v) is 2.54. The molecule has 0 saturated carbocycles. The summed E-state index contributed by atoms with van der Waals surface area (Å²) in [6, 6.07) is 2.10. The molecule has 7 nitrogen and oxygen atoms in total. The second-order valence-corrected chi connectivity index (χ2v) is 5.58. The topological polar surface area (TPSA) is 83.2 Å². The average Bonchev–Trinajstić information content (AvgIpc) is 2.83. The monoisotopic (exact) mass is 305 g/mol. The van der Waals surface area contributed by atoms with Crippen LogP contribution in [0.1, 0.15) is 37.2 Å². The minimum Gasteiger partial charge on any atom is -0.360 e. The van der Waals surface area contributed by atoms with Crippen LogP contribution in [0.25, 0.3) is 0 Å². The van der Waals surface area contributed by atoms with Crippen LogP contribution in [0, 0.1) is 11.3 Å². The predicted octanol–water partition coefficient (Wildman–Crippen LogP) is 1.33. The summed E-state index contributed by atoms with van der Waals surface area (Å²) >= 11 is 0. The highest BCUT2D eigenvalue weighted by Gasteiger charge is 2.26. The van der Waals surface area contributed by atoms with Gasteiger partial charge >= 0.3 is 6.03 Å². The van der Waals surface area contributed by atoms with Crippen LogP contribution in [0.15, 0.2) is 0 Å². The van der Waals surface area contributed by atoms with E-state index in [1.54, 1.807) is 0 Å². The first-order valence-corrected chi connectivity index (χ1v) is 7.60. The lowest BCUT2D eigenvalue weighted by Gasteiger charge is -2.29. The number of hydrogen-bond donors (Lipinski definition) is 1. The van der Waals surface area contributed by atoms with E-state index in [0.717, 1.165) is 29.8 Å². The van der Waals surface area contributed by atoms with E-state index in [1.165, 1.54) is 0 Å². The Morgan fingerprint density at radius 3 is 3.05 bits per heavy atom. The number of urea groups is 1. The molecular formula is C15H23N5O2. The third-order valence-corrected chi connectivity index (χ3v) is 4.01. The molecule has 1 N–H and O–H groups in total. The molecule has 0 aliphatic carbocycles. The molecule has 7 heteroatoms. The molecule has 2 rings (SSSR count). The Balaban J connectivity index is 2.05. The van der Waals surface area contributed by atoms with Crippen LogP contribution in [-0.2, 0) is 31.4 Å². The zero-order valence-electron chi connectivity index (χ0n) is 13.4. The van der Waals surface area contributed by atoms with Gasteiger partial charge < -0.3 is 15.0 Å². The van der Waals surface area contributed by atoms with E-state index in [2.05, 4.69) is 10.4 Å². The number of aryl methyl sites for hydroxylation is 1. The summed E-state index contributed by atoms with van der Waals surface area (Å²) in [5.41, 5.74) is 3.06. The normalized spacial score (nSPS) is 15.1. The first-order chi connectivity index (χ1) is 10.6. The summed E-state index contributed by atoms with van der Waals surface area (Å²) in [5, 5.41) is 16.0. The maximum absolute atomic E-state index is 12.2. The third kappa shape index (κ3) is 3.57. The summed E-state index contributed by atoms with van der Waals surface area (Å²) in [6.07, 6.45) is 1.68. The largest absolute Gasteiger partial charge is 0.360 e. The Morgan fingerprint density at radius 2 is 2.36 bits per heavy atom. The minimum atomic E-state index is -0.0246. The molecule has 2 amide bonds. The number of nitrogens with zero attached hydrogens (tertiary/aromatic N) is 4. The first kappa shape index (κ1) is 16.3. The SMILES string of the molecule is CC[C@@H](C)NC(=O)N1CCc2c(COCC#N)nn(C)c2C1. The number of hydrogen-bond acceptors (Lipinski definition) is 4. The van der Waals surface area contributed by atoms with Crippen LogP contribution in [-0.4, -0.2) is 39.9 Å². The Labute approximate surface area is 130 Å². The molecule has 0 bridgehead atoms. The van der Waals surface area contributed by atoms with Gasteiger partial charge in [0.1, 0.15) is 6.61 Å². The van der Waals surface area contributed by atoms with Gasteiger partial charge in [-0.1, -0.05) is 6.92 Å². The highest BCUT2D eigenvalue weighted by Crippen LogP contribution is 2.22. The third-order valence-electron chi connectivity index (χ3n) is 4.01. The summed E-state index contributed by atoms with van der Waals surface area (Å²) in [7, 11) is 1.88. The van der Waals surface area contributed by atoms with Crippen LogP contribution >= 0.6 is 0 Å². The lowest BCUT2D eigenvalue weighted by atomic mass is 10.0. The van der Waals surface area contributed by atoms with Gasteiger partial charge in [0.2, 0.25) is 0 Å². The molecule has 2 heterocycles. The molecule has 1 aromatic heterocycles. The van der Waals surface area contributed by atoms with Crippen molar-refractivity contribution >= 4 is 6.03 Å². The Morgan fingerprint density at radius 1 is 1.59 bits per heavy atom. The van der Waals surface area contributed by atoms with Crippen LogP contribution in [0.5, 0.6) is 0 Å². The maximum Gasteiger partial charge on any atom is 0.317 e. The van der Waals surface area contributed by atoms with Crippen molar-refractivity contribution < 1.29 is 9.53 Å². The molecule has 0 fully saturated rings. The van der Waals surface area contributed by atoms with Gasteiger partial charge in [-0.3, -0.25) is 4.68 Å². The molecule has 1 aromatic rings. The van der Waals surface area contributed by atoms with E-state index in [0.29, 0.717) is 19.7 Å². The second-order valence-electron chi connectivity index (χ2n) is 5.58. The summed E-state index contributed by atoms with van der Waals surface area (Å²) in [6.45, 7) is 5.69. The van der Waals surface area contributed by atoms with Gasteiger partial charge in [-0.2, -0.15) is 10.4 Å². The number of fused-ring (bicyclic) bond motifs is 1. The number of ether oxygens (including phenoxy) is 1. The van der Waals surface area contributed by atoms with Crippen molar-refractivity contribution in [1.82, 2.24) is 20.0 Å². The van der Waals surface area contributed by atoms with E-state index < -0.39 is 0 Å². The fourth-order valence-electron chi connectivity index (χ4n) is 2.54. The van der Waals surface area contributed by atoms with Crippen molar-refractivity contribution in [3.63, 3.8) is 0 Å². The van der Waals surface area contributed by atoms with E-state index in [1.807, 2.05) is 36.5 Å². The van der Waals surface area contributed by atoms with Crippen molar-refractivity contribution in [2.24, 2.45) is 7.05 Å². The predicted molar refractivity (Wildman–Crippen MR) is 80.9 cm³/mol. The van der Waals surface area contributed by atoms with Gasteiger partial charge in [-0.05, 0) is 19.8 Å². The van der Waals surface area contributed by atoms with Gasteiger partial charge in [0, 0.05) is 25.2 Å². The molecule has 0 radical (unpaired) electrons. The molecule has 22 heavy (non-hydrogen) atoms. The number of carbonyl (C=O) groups excluding carboxylic acids is 1. The number of nitrogens with one attached hydrogen (secondary N) is 1. The molecule has 0 saturated heterocycles. The number of nitriles is 1. The van der Waals surface area contributed by atoms with E-state index in [4.69, 9.17) is 10.00 Å². The zero-order valence-corrected chi connectivity index (χ0v) is 13.4. The van der Waals surface area contributed by atoms with Crippen molar-refractivity contribution in [3.05, 3.63) is 17.0 Å². The second kappa shape index (κ2) is 7.27. The summed E-state index contributed by atoms with van der Waals surface area (Å²) < 4.78 is 7.07. The molecule has 0 aromatic carbocycles. The van der Waals surface area contributed by atoms with Crippen LogP contribution in [0.3, 0.4) is 0 Å². The van der Waals surface area contributed by atoms with Gasteiger partial charge in [0.25, 0.3) is 0 Å². The summed E-state index contributed by atoms with van der Waals surface area (Å²) in [5.74, 6) is 0. The smallest absolute Gasteiger partial charge is 0.317 e. The van der Waals surface area contributed by atoms with Crippen LogP contribution in [0.2, 0.25) is 0 Å². The maximum atomic E-state index is 12.2. The molecule has 0 spiro atoms. The average molecular weight is 305 g/mol. The Hall–Kier alpha value is -2.07. The summed E-state index contributed by atoms with van der Waals surface area (Å²) in [4.78, 5) is 14.0. The minimum absolute atomic E-state index is 0.0246. The quantitative estimate of drug-likeness (QED) is 0.832. The van der Waals surface area contributed by atoms with Crippen molar-refractivity contribution in [2.45, 2.75) is 45.9 Å². The van der Waals surface area contributed by atoms with Crippen molar-refractivity contribution in [3.8, 4) is 6.07 Å². The molecule has 120 valence electrons. The van der Waals surface area contributed by atoms with E-state index in [9.17, 15) is 4.79 Å². The number of aromatic nitrogens is 2. The number of carbonyl (C=O) groups is 1. The molecule has 1 aliphatic rings. The first-order valence-electron chi connectivity index (χ1n) is 7.60. The fraction of sp³-hybridized carbons (Fsp3) is 0.667. The van der Waals surface area contributed by atoms with Crippen LogP contribution < -0.4 is 5.32 Å². The number of amides is 2.